The summed E-state index contributed by atoms with van der Waals surface area (Å²) >= 11 is 13.4. The largest absolute Gasteiger partial charge is 0.507 e. The van der Waals surface area contributed by atoms with Crippen molar-refractivity contribution in [2.24, 2.45) is 0 Å². The lowest BCUT2D eigenvalue weighted by Crippen LogP contribution is -2.29. The number of carbonyl (C=O) groups is 3. The van der Waals surface area contributed by atoms with Gasteiger partial charge >= 0.3 is 11.9 Å². The van der Waals surface area contributed by atoms with Gasteiger partial charge in [0.05, 0.1) is 34.0 Å². The van der Waals surface area contributed by atoms with E-state index in [0.717, 1.165) is 27.4 Å². The Morgan fingerprint density at radius 1 is 1.02 bits per heavy atom. The van der Waals surface area contributed by atoms with E-state index in [0.29, 0.717) is 29.2 Å². The summed E-state index contributed by atoms with van der Waals surface area (Å²) in [5.41, 5.74) is 3.03. The fourth-order valence-electron chi connectivity index (χ4n) is 4.73. The summed E-state index contributed by atoms with van der Waals surface area (Å²) in [7, 11) is 0. The van der Waals surface area contributed by atoms with Crippen molar-refractivity contribution < 1.29 is 29.0 Å². The quantitative estimate of drug-likeness (QED) is 0.0926. The van der Waals surface area contributed by atoms with Crippen molar-refractivity contribution in [2.75, 3.05) is 11.5 Å². The summed E-state index contributed by atoms with van der Waals surface area (Å²) in [4.78, 5) is 45.3. The van der Waals surface area contributed by atoms with Gasteiger partial charge in [0, 0.05) is 5.56 Å². The Morgan fingerprint density at radius 2 is 1.77 bits per heavy atom. The number of anilines is 1. The van der Waals surface area contributed by atoms with Crippen LogP contribution in [0.5, 0.6) is 5.75 Å². The Bertz CT molecular complexity index is 1770. The number of benzene rings is 3. The van der Waals surface area contributed by atoms with Gasteiger partial charge in [-0.15, -0.1) is 0 Å². The molecule has 0 saturated carbocycles. The molecule has 3 aromatic carbocycles. The maximum atomic E-state index is 13.5. The molecule has 1 saturated heterocycles. The van der Waals surface area contributed by atoms with E-state index in [1.54, 1.807) is 44.2 Å². The van der Waals surface area contributed by atoms with E-state index < -0.39 is 23.7 Å². The molecule has 1 N–H and O–H groups in total. The number of aliphatic hydroxyl groups excluding tert-OH is 1. The number of hydrogen-bond donors (Lipinski definition) is 1. The van der Waals surface area contributed by atoms with E-state index in [9.17, 15) is 19.5 Å². The number of esters is 1. The normalized spacial score (nSPS) is 16.0. The number of hydrogen-bond acceptors (Lipinski definition) is 8. The third-order valence-electron chi connectivity index (χ3n) is 6.77. The molecule has 1 amide bonds. The Balaban J connectivity index is 1.54. The molecular weight excluding hydrogens is 611 g/mol. The summed E-state index contributed by atoms with van der Waals surface area (Å²) in [5, 5.41) is 12.0. The number of rotatable bonds is 8. The molecule has 1 aromatic heterocycles. The monoisotopic (exact) mass is 636 g/mol. The molecule has 8 nitrogen and oxygen atoms in total. The second-order valence-electron chi connectivity index (χ2n) is 9.78. The van der Waals surface area contributed by atoms with Gasteiger partial charge in [-0.1, -0.05) is 70.4 Å². The number of thiazole rings is 1. The number of halogens is 2. The fraction of sp³-hybridized carbons (Fsp3) is 0.188. The smallest absolute Gasteiger partial charge is 0.350 e. The zero-order chi connectivity index (χ0) is 30.8. The van der Waals surface area contributed by atoms with Gasteiger partial charge < -0.3 is 14.6 Å². The zero-order valence-corrected chi connectivity index (χ0v) is 25.7. The molecule has 5 rings (SSSR count). The van der Waals surface area contributed by atoms with Gasteiger partial charge in [-0.05, 0) is 68.3 Å². The molecule has 0 radical (unpaired) electrons. The van der Waals surface area contributed by atoms with Crippen LogP contribution in [-0.2, 0) is 20.9 Å². The number of aliphatic hydroxyl groups is 1. The molecular formula is C32H26Cl2N2O6S. The lowest BCUT2D eigenvalue weighted by Gasteiger charge is -2.23. The summed E-state index contributed by atoms with van der Waals surface area (Å²) < 4.78 is 11.0. The molecule has 1 atom stereocenters. The number of aryl methyl sites for hydroxylation is 2. The zero-order valence-electron chi connectivity index (χ0n) is 23.4. The lowest BCUT2D eigenvalue weighted by atomic mass is 9.95. The second-order valence-corrected chi connectivity index (χ2v) is 11.6. The van der Waals surface area contributed by atoms with Crippen molar-refractivity contribution >= 4 is 63.1 Å². The van der Waals surface area contributed by atoms with Crippen molar-refractivity contribution in [3.05, 3.63) is 115 Å². The van der Waals surface area contributed by atoms with Gasteiger partial charge in [0.2, 0.25) is 0 Å². The first-order valence-corrected chi connectivity index (χ1v) is 14.9. The Labute approximate surface area is 262 Å². The summed E-state index contributed by atoms with van der Waals surface area (Å²) in [6.45, 7) is 5.82. The Kier molecular flexibility index (Phi) is 8.87. The minimum Gasteiger partial charge on any atom is -0.507 e. The second kappa shape index (κ2) is 12.6. The lowest BCUT2D eigenvalue weighted by molar-refractivity contribution is -0.132. The first-order valence-electron chi connectivity index (χ1n) is 13.3. The van der Waals surface area contributed by atoms with Crippen LogP contribution in [-0.4, -0.2) is 34.4 Å². The van der Waals surface area contributed by atoms with E-state index in [2.05, 4.69) is 4.98 Å². The Morgan fingerprint density at radius 3 is 2.44 bits per heavy atom. The van der Waals surface area contributed by atoms with Gasteiger partial charge in [-0.3, -0.25) is 14.5 Å². The number of ether oxygens (including phenoxy) is 2. The standard InChI is InChI=1S/C32H26Cl2N2O6S/c1-4-41-31(40)29-18(3)35-32(43-29)36-26(21-10-13-23(33)24(34)15-21)25(28(38)30(36)39)27(37)20-8-11-22(12-9-20)42-16-19-7-5-6-17(2)14-19/h5-15,26,37H,4,16H2,1-3H3. The van der Waals surface area contributed by atoms with Gasteiger partial charge in [0.15, 0.2) is 5.13 Å². The van der Waals surface area contributed by atoms with E-state index >= 15 is 0 Å². The van der Waals surface area contributed by atoms with E-state index in [1.807, 2.05) is 31.2 Å². The van der Waals surface area contributed by atoms with Crippen LogP contribution in [0, 0.1) is 13.8 Å². The van der Waals surface area contributed by atoms with Gasteiger partial charge in [0.1, 0.15) is 23.0 Å². The van der Waals surface area contributed by atoms with Crippen LogP contribution >= 0.6 is 34.5 Å². The number of aromatic nitrogens is 1. The predicted molar refractivity (Wildman–Crippen MR) is 166 cm³/mol. The third-order valence-corrected chi connectivity index (χ3v) is 8.65. The molecule has 4 aromatic rings. The molecule has 1 aliphatic rings. The molecule has 0 spiro atoms. The molecule has 1 unspecified atom stereocenters. The average Bonchev–Trinajstić information content (AvgIpc) is 3.49. The number of carbonyl (C=O) groups excluding carboxylic acids is 3. The minimum atomic E-state index is -1.10. The molecule has 43 heavy (non-hydrogen) atoms. The molecule has 0 aliphatic carbocycles. The van der Waals surface area contributed by atoms with Crippen LogP contribution < -0.4 is 9.64 Å². The highest BCUT2D eigenvalue weighted by Crippen LogP contribution is 2.45. The van der Waals surface area contributed by atoms with E-state index in [-0.39, 0.29) is 38.0 Å². The van der Waals surface area contributed by atoms with Gasteiger partial charge in [-0.2, -0.15) is 0 Å². The highest BCUT2D eigenvalue weighted by molar-refractivity contribution is 7.17. The molecule has 1 fully saturated rings. The molecule has 220 valence electrons. The fourth-order valence-corrected chi connectivity index (χ4v) is 6.03. The molecule has 0 bridgehead atoms. The van der Waals surface area contributed by atoms with Crippen molar-refractivity contribution in [1.29, 1.82) is 0 Å². The van der Waals surface area contributed by atoms with Crippen LogP contribution in [0.25, 0.3) is 5.76 Å². The molecule has 1 aliphatic heterocycles. The van der Waals surface area contributed by atoms with E-state index in [1.165, 1.54) is 12.1 Å². The van der Waals surface area contributed by atoms with Crippen LogP contribution in [0.1, 0.15) is 50.6 Å². The summed E-state index contributed by atoms with van der Waals surface area (Å²) in [6, 6.07) is 18.1. The number of Topliss-reactive ketones (excluding diaryl/α,β-unsaturated/α-hetero) is 1. The maximum absolute atomic E-state index is 13.5. The number of nitrogens with zero attached hydrogens (tertiary/aromatic N) is 2. The first-order chi connectivity index (χ1) is 20.6. The molecule has 2 heterocycles. The Hall–Kier alpha value is -4.18. The van der Waals surface area contributed by atoms with E-state index in [4.69, 9.17) is 32.7 Å². The third kappa shape index (κ3) is 6.15. The van der Waals surface area contributed by atoms with Gasteiger partial charge in [0.25, 0.3) is 5.78 Å². The van der Waals surface area contributed by atoms with Crippen LogP contribution in [0.4, 0.5) is 5.13 Å². The predicted octanol–water partition coefficient (Wildman–Crippen LogP) is 7.45. The van der Waals surface area contributed by atoms with Crippen molar-refractivity contribution in [3.63, 3.8) is 0 Å². The summed E-state index contributed by atoms with van der Waals surface area (Å²) in [6.07, 6.45) is 0. The van der Waals surface area contributed by atoms with Crippen LogP contribution in [0.15, 0.2) is 72.3 Å². The SMILES string of the molecule is CCOC(=O)c1sc(N2C(=O)C(=O)C(=C(O)c3ccc(OCc4cccc(C)c4)cc3)C2c2ccc(Cl)c(Cl)c2)nc1C. The van der Waals surface area contributed by atoms with Crippen LogP contribution in [0.3, 0.4) is 0 Å². The summed E-state index contributed by atoms with van der Waals surface area (Å²) in [5.74, 6) is -2.25. The number of amides is 1. The van der Waals surface area contributed by atoms with Crippen molar-refractivity contribution in [1.82, 2.24) is 4.98 Å². The highest BCUT2D eigenvalue weighted by Gasteiger charge is 2.48. The maximum Gasteiger partial charge on any atom is 0.350 e. The number of ketones is 1. The topological polar surface area (TPSA) is 106 Å². The molecule has 11 heteroatoms. The van der Waals surface area contributed by atoms with Crippen molar-refractivity contribution in [2.45, 2.75) is 33.4 Å². The van der Waals surface area contributed by atoms with Crippen LogP contribution in [0.2, 0.25) is 10.0 Å². The highest BCUT2D eigenvalue weighted by atomic mass is 35.5. The minimum absolute atomic E-state index is 0.0951. The van der Waals surface area contributed by atoms with Gasteiger partial charge in [-0.25, -0.2) is 9.78 Å². The van der Waals surface area contributed by atoms with Crippen molar-refractivity contribution in [3.8, 4) is 5.75 Å². The average molecular weight is 638 g/mol. The first kappa shape index (κ1) is 30.3.